The molecule has 16 heavy (non-hydrogen) atoms. The molecule has 1 aromatic heterocycles. The quantitative estimate of drug-likeness (QED) is 0.849. The molecule has 0 atom stereocenters. The van der Waals surface area contributed by atoms with Crippen LogP contribution in [0.15, 0.2) is 12.3 Å². The molecule has 0 aromatic carbocycles. The fourth-order valence-electron chi connectivity index (χ4n) is 1.21. The van der Waals surface area contributed by atoms with Crippen molar-refractivity contribution in [2.75, 3.05) is 5.32 Å². The largest absolute Gasteiger partial charge is 0.324 e. The molecule has 0 radical (unpaired) electrons. The molecule has 0 unspecified atom stereocenters. The number of aromatic nitrogens is 1. The first kappa shape index (κ1) is 11.1. The highest BCUT2D eigenvalue weighted by atomic mass is 32.1. The highest BCUT2D eigenvalue weighted by Crippen LogP contribution is 2.29. The van der Waals surface area contributed by atoms with Crippen LogP contribution in [-0.2, 0) is 0 Å². The van der Waals surface area contributed by atoms with Gasteiger partial charge < -0.3 is 5.32 Å². The second kappa shape index (κ2) is 4.65. The van der Waals surface area contributed by atoms with Crippen molar-refractivity contribution in [3.05, 3.63) is 22.8 Å². The van der Waals surface area contributed by atoms with Gasteiger partial charge in [0.15, 0.2) is 5.13 Å². The summed E-state index contributed by atoms with van der Waals surface area (Å²) < 4.78 is 0. The Bertz CT molecular complexity index is 401. The van der Waals surface area contributed by atoms with Gasteiger partial charge in [0.25, 0.3) is 0 Å². The van der Waals surface area contributed by atoms with Crippen LogP contribution < -0.4 is 10.6 Å². The van der Waals surface area contributed by atoms with Crippen LogP contribution in [0.4, 0.5) is 9.93 Å². The number of rotatable bonds is 3. The summed E-state index contributed by atoms with van der Waals surface area (Å²) in [5.74, 6) is 0.671. The molecule has 4 nitrogen and oxygen atoms in total. The van der Waals surface area contributed by atoms with Gasteiger partial charge in [0.1, 0.15) is 0 Å². The molecule has 1 aliphatic rings. The average Bonchev–Trinajstić information content (AvgIpc) is 2.96. The van der Waals surface area contributed by atoms with Crippen LogP contribution >= 0.6 is 11.3 Å². The van der Waals surface area contributed by atoms with Crippen LogP contribution in [0.25, 0.3) is 0 Å². The van der Waals surface area contributed by atoms with Crippen LogP contribution in [0.3, 0.4) is 0 Å². The zero-order valence-corrected chi connectivity index (χ0v) is 10.2. The van der Waals surface area contributed by atoms with Gasteiger partial charge in [-0.3, -0.25) is 5.32 Å². The van der Waals surface area contributed by atoms with Crippen molar-refractivity contribution in [3.8, 4) is 0 Å². The molecule has 2 amide bonds. The van der Waals surface area contributed by atoms with E-state index >= 15 is 0 Å². The molecule has 2 rings (SSSR count). The summed E-state index contributed by atoms with van der Waals surface area (Å²) in [6, 6.07) is -0.231. The van der Waals surface area contributed by atoms with Gasteiger partial charge in [-0.2, -0.15) is 0 Å². The first-order valence-corrected chi connectivity index (χ1v) is 6.15. The fraction of sp³-hybridized carbons (Fsp3) is 0.455. The van der Waals surface area contributed by atoms with E-state index < -0.39 is 0 Å². The fourth-order valence-corrected chi connectivity index (χ4v) is 2.02. The van der Waals surface area contributed by atoms with Gasteiger partial charge in [0.2, 0.25) is 0 Å². The SMILES string of the molecule is Cc1nc(NC(=O)N/C=C/C2CC2)sc1C. The first-order valence-electron chi connectivity index (χ1n) is 5.33. The van der Waals surface area contributed by atoms with Gasteiger partial charge in [-0.05, 0) is 32.6 Å². The van der Waals surface area contributed by atoms with Crippen molar-refractivity contribution in [1.82, 2.24) is 10.3 Å². The topological polar surface area (TPSA) is 54.0 Å². The number of amides is 2. The minimum absolute atomic E-state index is 0.231. The molecule has 0 aliphatic heterocycles. The van der Waals surface area contributed by atoms with Crippen molar-refractivity contribution in [2.45, 2.75) is 26.7 Å². The number of hydrogen-bond donors (Lipinski definition) is 2. The van der Waals surface area contributed by atoms with Gasteiger partial charge in [-0.1, -0.05) is 6.08 Å². The number of carbonyl (C=O) groups is 1. The number of thiazole rings is 1. The van der Waals surface area contributed by atoms with E-state index in [0.29, 0.717) is 11.0 Å². The Hall–Kier alpha value is -1.36. The highest BCUT2D eigenvalue weighted by Gasteiger charge is 2.17. The minimum Gasteiger partial charge on any atom is -0.315 e. The van der Waals surface area contributed by atoms with E-state index in [1.54, 1.807) is 6.20 Å². The number of aryl methyl sites for hydroxylation is 2. The van der Waals surface area contributed by atoms with Crippen LogP contribution in [0.1, 0.15) is 23.4 Å². The Morgan fingerprint density at radius 2 is 2.25 bits per heavy atom. The maximum atomic E-state index is 11.4. The smallest absolute Gasteiger partial charge is 0.315 e. The van der Waals surface area contributed by atoms with Gasteiger partial charge in [0.05, 0.1) is 5.69 Å². The van der Waals surface area contributed by atoms with E-state index in [1.807, 2.05) is 19.9 Å². The van der Waals surface area contributed by atoms with Crippen molar-refractivity contribution in [1.29, 1.82) is 0 Å². The lowest BCUT2D eigenvalue weighted by molar-refractivity contribution is 0.255. The summed E-state index contributed by atoms with van der Waals surface area (Å²) in [6.07, 6.45) is 6.22. The summed E-state index contributed by atoms with van der Waals surface area (Å²) in [6.45, 7) is 3.92. The van der Waals surface area contributed by atoms with E-state index in [4.69, 9.17) is 0 Å². The van der Waals surface area contributed by atoms with E-state index in [2.05, 4.69) is 15.6 Å². The number of allylic oxidation sites excluding steroid dienone is 1. The Kier molecular flexibility index (Phi) is 3.24. The summed E-state index contributed by atoms with van der Waals surface area (Å²) in [7, 11) is 0. The number of nitrogens with zero attached hydrogens (tertiary/aromatic N) is 1. The third-order valence-corrected chi connectivity index (χ3v) is 3.44. The molecule has 1 aliphatic carbocycles. The lowest BCUT2D eigenvalue weighted by Gasteiger charge is -1.99. The minimum atomic E-state index is -0.231. The maximum Gasteiger partial charge on any atom is 0.324 e. The molecule has 0 bridgehead atoms. The Balaban J connectivity index is 1.81. The predicted octanol–water partition coefficient (Wildman–Crippen LogP) is 2.81. The van der Waals surface area contributed by atoms with Gasteiger partial charge >= 0.3 is 6.03 Å². The zero-order valence-electron chi connectivity index (χ0n) is 9.41. The Morgan fingerprint density at radius 3 is 2.81 bits per heavy atom. The van der Waals surface area contributed by atoms with Crippen molar-refractivity contribution >= 4 is 22.5 Å². The van der Waals surface area contributed by atoms with E-state index in [9.17, 15) is 4.79 Å². The Morgan fingerprint density at radius 1 is 1.50 bits per heavy atom. The normalized spacial score (nSPS) is 15.4. The highest BCUT2D eigenvalue weighted by molar-refractivity contribution is 7.15. The molecule has 5 heteroatoms. The molecule has 1 heterocycles. The third-order valence-electron chi connectivity index (χ3n) is 2.45. The molecular weight excluding hydrogens is 222 g/mol. The predicted molar refractivity (Wildman–Crippen MR) is 65.6 cm³/mol. The van der Waals surface area contributed by atoms with Crippen molar-refractivity contribution in [3.63, 3.8) is 0 Å². The molecule has 1 fully saturated rings. The van der Waals surface area contributed by atoms with E-state index in [0.717, 1.165) is 10.6 Å². The van der Waals surface area contributed by atoms with Gasteiger partial charge in [0, 0.05) is 11.1 Å². The maximum absolute atomic E-state index is 11.4. The molecule has 86 valence electrons. The summed E-state index contributed by atoms with van der Waals surface area (Å²) in [5, 5.41) is 6.02. The molecule has 1 saturated carbocycles. The second-order valence-corrected chi connectivity index (χ2v) is 5.16. The second-order valence-electron chi connectivity index (χ2n) is 3.96. The standard InChI is InChI=1S/C11H15N3OS/c1-7-8(2)16-11(13-7)14-10(15)12-6-5-9-3-4-9/h5-6,9H,3-4H2,1-2H3,(H2,12,13,14,15)/b6-5+. The molecule has 1 aromatic rings. The Labute approximate surface area is 98.8 Å². The van der Waals surface area contributed by atoms with Crippen molar-refractivity contribution < 1.29 is 4.79 Å². The van der Waals surface area contributed by atoms with Gasteiger partial charge in [-0.25, -0.2) is 9.78 Å². The molecule has 0 saturated heterocycles. The number of nitrogens with one attached hydrogen (secondary N) is 2. The third kappa shape index (κ3) is 3.06. The summed E-state index contributed by atoms with van der Waals surface area (Å²) in [4.78, 5) is 16.8. The average molecular weight is 237 g/mol. The van der Waals surface area contributed by atoms with Crippen LogP contribution in [0.5, 0.6) is 0 Å². The monoisotopic (exact) mass is 237 g/mol. The molecule has 0 spiro atoms. The number of anilines is 1. The molecule has 2 N–H and O–H groups in total. The summed E-state index contributed by atoms with van der Waals surface area (Å²) >= 11 is 1.49. The lowest BCUT2D eigenvalue weighted by atomic mass is 10.4. The number of carbonyl (C=O) groups excluding carboxylic acids is 1. The lowest BCUT2D eigenvalue weighted by Crippen LogP contribution is -2.23. The number of hydrogen-bond acceptors (Lipinski definition) is 3. The van der Waals surface area contributed by atoms with Crippen LogP contribution in [-0.4, -0.2) is 11.0 Å². The zero-order chi connectivity index (χ0) is 11.5. The van der Waals surface area contributed by atoms with E-state index in [1.165, 1.54) is 24.2 Å². The van der Waals surface area contributed by atoms with Crippen molar-refractivity contribution in [2.24, 2.45) is 5.92 Å². The van der Waals surface area contributed by atoms with E-state index in [-0.39, 0.29) is 6.03 Å². The van der Waals surface area contributed by atoms with Crippen LogP contribution in [0, 0.1) is 19.8 Å². The van der Waals surface area contributed by atoms with Gasteiger partial charge in [-0.15, -0.1) is 11.3 Å². The number of urea groups is 1. The first-order chi connectivity index (χ1) is 7.65. The van der Waals surface area contributed by atoms with Crippen LogP contribution in [0.2, 0.25) is 0 Å². The summed E-state index contributed by atoms with van der Waals surface area (Å²) in [5.41, 5.74) is 0.967. The molecular formula is C11H15N3OS.